The van der Waals surface area contributed by atoms with Crippen molar-refractivity contribution in [3.05, 3.63) is 0 Å². The summed E-state index contributed by atoms with van der Waals surface area (Å²) in [5, 5.41) is 0. The van der Waals surface area contributed by atoms with Gasteiger partial charge in [0.2, 0.25) is 0 Å². The van der Waals surface area contributed by atoms with Crippen LogP contribution in [-0.4, -0.2) is 96.3 Å². The predicted molar refractivity (Wildman–Crippen MR) is 194 cm³/mol. The minimum atomic E-state index is -1.20. The lowest BCUT2D eigenvalue weighted by atomic mass is 9.92. The maximum atomic E-state index is 12.7. The summed E-state index contributed by atoms with van der Waals surface area (Å²) in [6.07, 6.45) is 9.73. The van der Waals surface area contributed by atoms with Crippen molar-refractivity contribution in [1.82, 2.24) is 0 Å². The SMILES string of the molecule is CCCCSCCC(=O)OCC(COC(=O)CCSCCCC)(COC(=O)CCSCCCC)COC(=O)CCSCCCC. The third-order valence-electron chi connectivity index (χ3n) is 6.53. The summed E-state index contributed by atoms with van der Waals surface area (Å²) >= 11 is 6.82. The number of esters is 4. The molecule has 0 unspecified atom stereocenters. The first kappa shape index (κ1) is 44.3. The van der Waals surface area contributed by atoms with Gasteiger partial charge >= 0.3 is 23.9 Å². The molecule has 12 heteroatoms. The molecule has 0 N–H and O–H groups in total. The Morgan fingerprint density at radius 2 is 0.622 bits per heavy atom. The summed E-state index contributed by atoms with van der Waals surface area (Å²) in [6, 6.07) is 0. The van der Waals surface area contributed by atoms with E-state index in [9.17, 15) is 19.2 Å². The van der Waals surface area contributed by atoms with Crippen molar-refractivity contribution in [2.24, 2.45) is 5.41 Å². The van der Waals surface area contributed by atoms with Crippen molar-refractivity contribution in [2.75, 3.05) is 72.5 Å². The van der Waals surface area contributed by atoms with Crippen molar-refractivity contribution in [2.45, 2.75) is 105 Å². The smallest absolute Gasteiger partial charge is 0.306 e. The van der Waals surface area contributed by atoms with E-state index in [4.69, 9.17) is 18.9 Å². The summed E-state index contributed by atoms with van der Waals surface area (Å²) in [5.74, 6) is 4.96. The van der Waals surface area contributed by atoms with Gasteiger partial charge in [0.05, 0.1) is 25.7 Å². The van der Waals surface area contributed by atoms with Crippen molar-refractivity contribution >= 4 is 70.9 Å². The highest BCUT2D eigenvalue weighted by atomic mass is 32.2. The van der Waals surface area contributed by atoms with Crippen LogP contribution in [0.1, 0.15) is 105 Å². The predicted octanol–water partition coefficient (Wildman–Crippen LogP) is 7.84. The van der Waals surface area contributed by atoms with Crippen LogP contribution in [0, 0.1) is 5.41 Å². The highest BCUT2D eigenvalue weighted by Gasteiger charge is 2.38. The molecule has 0 heterocycles. The van der Waals surface area contributed by atoms with Crippen molar-refractivity contribution in [1.29, 1.82) is 0 Å². The van der Waals surface area contributed by atoms with E-state index in [0.29, 0.717) is 23.0 Å². The van der Waals surface area contributed by atoms with E-state index in [1.165, 1.54) is 0 Å². The summed E-state index contributed by atoms with van der Waals surface area (Å²) in [4.78, 5) is 50.6. The number of carbonyl (C=O) groups is 4. The van der Waals surface area contributed by atoms with E-state index < -0.39 is 5.41 Å². The number of hydrogen-bond donors (Lipinski definition) is 0. The molecule has 0 aromatic heterocycles. The topological polar surface area (TPSA) is 105 Å². The van der Waals surface area contributed by atoms with Gasteiger partial charge in [-0.05, 0) is 48.7 Å². The Balaban J connectivity index is 5.47. The molecule has 0 aliphatic heterocycles. The Bertz CT molecular complexity index is 643. The average molecular weight is 713 g/mol. The Morgan fingerprint density at radius 1 is 0.400 bits per heavy atom. The van der Waals surface area contributed by atoms with Gasteiger partial charge in [-0.25, -0.2) is 0 Å². The zero-order valence-electron chi connectivity index (χ0n) is 28.4. The van der Waals surface area contributed by atoms with E-state index in [0.717, 1.165) is 74.4 Å². The van der Waals surface area contributed by atoms with Crippen LogP contribution < -0.4 is 0 Å². The Labute approximate surface area is 290 Å². The number of thioether (sulfide) groups is 4. The van der Waals surface area contributed by atoms with Crippen LogP contribution >= 0.6 is 47.0 Å². The second kappa shape index (κ2) is 31.9. The fourth-order valence-corrected chi connectivity index (χ4v) is 7.52. The molecule has 0 saturated heterocycles. The van der Waals surface area contributed by atoms with Crippen LogP contribution in [-0.2, 0) is 38.1 Å². The standard InChI is InChI=1S/C33H60O8S4/c1-5-9-17-42-21-13-29(34)38-25-33(26-39-30(35)14-22-43-18-10-6-2,27-40-31(36)15-23-44-19-11-7-3)28-41-32(37)16-24-45-20-12-8-4/h5-28H2,1-4H3. The third kappa shape index (κ3) is 28.0. The molecule has 0 amide bonds. The quantitative estimate of drug-likeness (QED) is 0.0386. The Morgan fingerprint density at radius 3 is 0.822 bits per heavy atom. The van der Waals surface area contributed by atoms with E-state index in [-0.39, 0.29) is 76.0 Å². The molecule has 0 saturated carbocycles. The van der Waals surface area contributed by atoms with Gasteiger partial charge in [0.25, 0.3) is 0 Å². The third-order valence-corrected chi connectivity index (χ3v) is 10.8. The van der Waals surface area contributed by atoms with Gasteiger partial charge in [-0.2, -0.15) is 47.0 Å². The second-order valence-electron chi connectivity index (χ2n) is 11.0. The molecule has 0 aliphatic carbocycles. The van der Waals surface area contributed by atoms with Gasteiger partial charge in [0.1, 0.15) is 31.8 Å². The Hall–Kier alpha value is -0.720. The van der Waals surface area contributed by atoms with E-state index in [1.54, 1.807) is 47.0 Å². The highest BCUT2D eigenvalue weighted by molar-refractivity contribution is 7.99. The van der Waals surface area contributed by atoms with Crippen LogP contribution in [0.2, 0.25) is 0 Å². The van der Waals surface area contributed by atoms with Gasteiger partial charge in [0.15, 0.2) is 0 Å². The fraction of sp³-hybridized carbons (Fsp3) is 0.879. The number of unbranched alkanes of at least 4 members (excludes halogenated alkanes) is 4. The molecule has 0 rings (SSSR count). The van der Waals surface area contributed by atoms with Crippen molar-refractivity contribution in [3.8, 4) is 0 Å². The molecule has 0 aliphatic rings. The number of carbonyl (C=O) groups excluding carboxylic acids is 4. The largest absolute Gasteiger partial charge is 0.465 e. The monoisotopic (exact) mass is 712 g/mol. The van der Waals surface area contributed by atoms with Gasteiger partial charge < -0.3 is 18.9 Å². The zero-order valence-corrected chi connectivity index (χ0v) is 31.6. The molecule has 0 fully saturated rings. The van der Waals surface area contributed by atoms with E-state index in [1.807, 2.05) is 0 Å². The maximum Gasteiger partial charge on any atom is 0.306 e. The lowest BCUT2D eigenvalue weighted by molar-refractivity contribution is -0.170. The van der Waals surface area contributed by atoms with Crippen LogP contribution in [0.15, 0.2) is 0 Å². The molecule has 0 bridgehead atoms. The van der Waals surface area contributed by atoms with Crippen LogP contribution in [0.4, 0.5) is 0 Å². The fourth-order valence-electron chi connectivity index (χ4n) is 3.49. The summed E-state index contributed by atoms with van der Waals surface area (Å²) < 4.78 is 22.6. The van der Waals surface area contributed by atoms with E-state index in [2.05, 4.69) is 27.7 Å². The molecule has 264 valence electrons. The van der Waals surface area contributed by atoms with Gasteiger partial charge in [0, 0.05) is 23.0 Å². The highest BCUT2D eigenvalue weighted by Crippen LogP contribution is 2.23. The number of rotatable bonds is 32. The summed E-state index contributed by atoms with van der Waals surface area (Å²) in [7, 11) is 0. The van der Waals surface area contributed by atoms with Gasteiger partial charge in [-0.15, -0.1) is 0 Å². The first-order chi connectivity index (χ1) is 21.8. The normalized spacial score (nSPS) is 11.3. The first-order valence-electron chi connectivity index (χ1n) is 16.8. The maximum absolute atomic E-state index is 12.7. The lowest BCUT2D eigenvalue weighted by Crippen LogP contribution is -2.44. The van der Waals surface area contributed by atoms with Gasteiger partial charge in [-0.1, -0.05) is 53.4 Å². The van der Waals surface area contributed by atoms with Gasteiger partial charge in [-0.3, -0.25) is 19.2 Å². The summed E-state index contributed by atoms with van der Waals surface area (Å²) in [6.45, 7) is 7.74. The van der Waals surface area contributed by atoms with Crippen LogP contribution in [0.3, 0.4) is 0 Å². The number of hydrogen-bond acceptors (Lipinski definition) is 12. The molecule has 45 heavy (non-hydrogen) atoms. The molecule has 0 radical (unpaired) electrons. The number of ether oxygens (including phenoxy) is 4. The average Bonchev–Trinajstić information content (AvgIpc) is 3.03. The Kier molecular flexibility index (Phi) is 31.3. The molecule has 0 aromatic rings. The molecular formula is C33H60O8S4. The van der Waals surface area contributed by atoms with Crippen LogP contribution in [0.25, 0.3) is 0 Å². The summed E-state index contributed by atoms with van der Waals surface area (Å²) in [5.41, 5.74) is -1.20. The zero-order chi connectivity index (χ0) is 33.4. The van der Waals surface area contributed by atoms with Crippen LogP contribution in [0.5, 0.6) is 0 Å². The lowest BCUT2D eigenvalue weighted by Gasteiger charge is -2.31. The van der Waals surface area contributed by atoms with Crippen molar-refractivity contribution < 1.29 is 38.1 Å². The molecule has 8 nitrogen and oxygen atoms in total. The van der Waals surface area contributed by atoms with Crippen molar-refractivity contribution in [3.63, 3.8) is 0 Å². The minimum Gasteiger partial charge on any atom is -0.465 e. The molecule has 0 aromatic carbocycles. The molecule has 0 atom stereocenters. The second-order valence-corrected chi connectivity index (χ2v) is 15.9. The first-order valence-corrected chi connectivity index (χ1v) is 21.4. The van der Waals surface area contributed by atoms with E-state index >= 15 is 0 Å². The molecule has 0 spiro atoms. The molecular weight excluding hydrogens is 653 g/mol. The minimum absolute atomic E-state index is 0.193.